The Hall–Kier alpha value is -3.37. The number of nitrogens with one attached hydrogen (secondary N) is 2. The number of terminal acetylenes is 1. The Balaban J connectivity index is 1.62. The number of hydrogen-bond donors (Lipinski definition) is 2. The van der Waals surface area contributed by atoms with Crippen LogP contribution in [0.5, 0.6) is 0 Å². The SMILES string of the molecule is C#Cc1cccc(C2(C(F)(F)F)NN2)c1Cn1nc2nc(C(C)(C)C)nc(N3CCC(F)(F)C3)c2n1. The van der Waals surface area contributed by atoms with Gasteiger partial charge in [-0.3, -0.25) is 0 Å². The fourth-order valence-electron chi connectivity index (χ4n) is 4.26. The van der Waals surface area contributed by atoms with Gasteiger partial charge in [-0.25, -0.2) is 29.6 Å². The lowest BCUT2D eigenvalue weighted by molar-refractivity contribution is -0.165. The second-order valence-corrected chi connectivity index (χ2v) is 10.0. The first-order chi connectivity index (χ1) is 16.7. The van der Waals surface area contributed by atoms with Crippen molar-refractivity contribution in [1.29, 1.82) is 0 Å². The number of alkyl halides is 5. The lowest BCUT2D eigenvalue weighted by Gasteiger charge is -2.21. The van der Waals surface area contributed by atoms with E-state index < -0.39 is 29.7 Å². The summed E-state index contributed by atoms with van der Waals surface area (Å²) in [7, 11) is 0. The third-order valence-corrected chi connectivity index (χ3v) is 6.25. The highest BCUT2D eigenvalue weighted by Crippen LogP contribution is 2.44. The number of fused-ring (bicyclic) bond motifs is 1. The number of rotatable bonds is 4. The average Bonchev–Trinajstić information content (AvgIpc) is 3.38. The van der Waals surface area contributed by atoms with Crippen LogP contribution in [-0.2, 0) is 17.6 Å². The molecule has 0 spiro atoms. The summed E-state index contributed by atoms with van der Waals surface area (Å²) in [6.45, 7) is 4.98. The molecular formula is C23H23F5N8. The van der Waals surface area contributed by atoms with Crippen LogP contribution in [0.2, 0.25) is 0 Å². The molecule has 3 aromatic rings. The van der Waals surface area contributed by atoms with E-state index in [1.165, 1.54) is 27.9 Å². The normalized spacial score (nSPS) is 19.0. The van der Waals surface area contributed by atoms with Crippen molar-refractivity contribution in [2.75, 3.05) is 18.0 Å². The van der Waals surface area contributed by atoms with E-state index in [1.54, 1.807) is 0 Å². The monoisotopic (exact) mass is 506 g/mol. The first-order valence-electron chi connectivity index (χ1n) is 11.2. The summed E-state index contributed by atoms with van der Waals surface area (Å²) in [5.74, 6) is 0.162. The van der Waals surface area contributed by atoms with Gasteiger partial charge in [0.15, 0.2) is 11.3 Å². The predicted octanol–water partition coefficient (Wildman–Crippen LogP) is 3.22. The zero-order valence-electron chi connectivity index (χ0n) is 19.7. The fraction of sp³-hybridized carbons (Fsp3) is 0.478. The smallest absolute Gasteiger partial charge is 0.348 e. The van der Waals surface area contributed by atoms with Crippen LogP contribution in [0, 0.1) is 12.3 Å². The largest absolute Gasteiger partial charge is 0.426 e. The summed E-state index contributed by atoms with van der Waals surface area (Å²) < 4.78 is 69.5. The predicted molar refractivity (Wildman–Crippen MR) is 121 cm³/mol. The van der Waals surface area contributed by atoms with Crippen LogP contribution in [0.4, 0.5) is 27.8 Å². The molecule has 0 aliphatic carbocycles. The zero-order valence-corrected chi connectivity index (χ0v) is 19.7. The highest BCUT2D eigenvalue weighted by molar-refractivity contribution is 5.83. The van der Waals surface area contributed by atoms with Gasteiger partial charge in [-0.15, -0.1) is 16.6 Å². The van der Waals surface area contributed by atoms with E-state index in [0.717, 1.165) is 0 Å². The molecule has 0 unspecified atom stereocenters. The molecule has 2 aliphatic heterocycles. The fourth-order valence-corrected chi connectivity index (χ4v) is 4.26. The lowest BCUT2D eigenvalue weighted by Crippen LogP contribution is -2.36. The second kappa shape index (κ2) is 7.81. The van der Waals surface area contributed by atoms with Gasteiger partial charge in [-0.05, 0) is 11.6 Å². The molecule has 0 saturated carbocycles. The Morgan fingerprint density at radius 3 is 2.39 bits per heavy atom. The van der Waals surface area contributed by atoms with Gasteiger partial charge >= 0.3 is 6.18 Å². The molecular weight excluding hydrogens is 483 g/mol. The maximum atomic E-state index is 14.0. The molecule has 2 saturated heterocycles. The van der Waals surface area contributed by atoms with Crippen molar-refractivity contribution in [2.24, 2.45) is 0 Å². The van der Waals surface area contributed by atoms with Crippen molar-refractivity contribution in [3.8, 4) is 12.3 Å². The Morgan fingerprint density at radius 1 is 1.11 bits per heavy atom. The number of anilines is 1. The van der Waals surface area contributed by atoms with Crippen LogP contribution in [0.25, 0.3) is 11.2 Å². The molecule has 2 aliphatic rings. The molecule has 0 amide bonds. The number of benzene rings is 1. The average molecular weight is 506 g/mol. The van der Waals surface area contributed by atoms with Crippen molar-refractivity contribution >= 4 is 17.0 Å². The number of aromatic nitrogens is 5. The number of hydrogen-bond acceptors (Lipinski definition) is 7. The van der Waals surface area contributed by atoms with Gasteiger partial charge in [-0.1, -0.05) is 38.8 Å². The molecule has 0 atom stereocenters. The lowest BCUT2D eigenvalue weighted by atomic mass is 9.93. The van der Waals surface area contributed by atoms with E-state index in [9.17, 15) is 22.0 Å². The molecule has 1 aromatic carbocycles. The zero-order chi connectivity index (χ0) is 26.1. The standard InChI is InChI=1S/C23H23F5N8/c1-5-13-7-6-8-15(22(33-34-22)23(26,27)28)14(13)11-36-31-16-17(32-36)29-19(20(2,3)4)30-18(16)35-10-9-21(24,25)12-35/h1,6-8,33-34H,9-12H2,2-4H3. The number of halogens is 5. The summed E-state index contributed by atoms with van der Waals surface area (Å²) in [6, 6.07) is 4.31. The Morgan fingerprint density at radius 2 is 1.83 bits per heavy atom. The minimum absolute atomic E-state index is 0.0745. The molecule has 0 radical (unpaired) electrons. The Labute approximate surface area is 203 Å². The summed E-state index contributed by atoms with van der Waals surface area (Å²) in [5.41, 5.74) is 2.11. The van der Waals surface area contributed by atoms with E-state index in [-0.39, 0.29) is 53.2 Å². The Bertz CT molecular complexity index is 1380. The first-order valence-corrected chi connectivity index (χ1v) is 11.2. The molecule has 5 rings (SSSR count). The van der Waals surface area contributed by atoms with Gasteiger partial charge < -0.3 is 4.90 Å². The highest BCUT2D eigenvalue weighted by Gasteiger charge is 2.66. The van der Waals surface area contributed by atoms with Gasteiger partial charge in [0, 0.05) is 29.5 Å². The second-order valence-electron chi connectivity index (χ2n) is 10.0. The maximum Gasteiger partial charge on any atom is 0.426 e. The van der Waals surface area contributed by atoms with Gasteiger partial charge in [-0.2, -0.15) is 18.0 Å². The molecule has 13 heteroatoms. The van der Waals surface area contributed by atoms with Gasteiger partial charge in [0.1, 0.15) is 5.82 Å². The Kier molecular flexibility index (Phi) is 5.28. The van der Waals surface area contributed by atoms with Crippen LogP contribution in [-0.4, -0.2) is 50.2 Å². The van der Waals surface area contributed by atoms with Gasteiger partial charge in [0.05, 0.1) is 13.1 Å². The van der Waals surface area contributed by atoms with Gasteiger partial charge in [0.25, 0.3) is 5.92 Å². The molecule has 4 heterocycles. The highest BCUT2D eigenvalue weighted by atomic mass is 19.4. The van der Waals surface area contributed by atoms with Crippen LogP contribution < -0.4 is 15.8 Å². The summed E-state index contributed by atoms with van der Waals surface area (Å²) >= 11 is 0. The third kappa shape index (κ3) is 4.04. The molecule has 0 bridgehead atoms. The molecule has 8 nitrogen and oxygen atoms in total. The number of nitrogens with zero attached hydrogens (tertiary/aromatic N) is 6. The molecule has 2 aromatic heterocycles. The van der Waals surface area contributed by atoms with Crippen LogP contribution in [0.1, 0.15) is 49.7 Å². The van der Waals surface area contributed by atoms with E-state index in [2.05, 4.69) is 36.9 Å². The maximum absolute atomic E-state index is 14.0. The topological polar surface area (TPSA) is 104 Å². The van der Waals surface area contributed by atoms with E-state index in [0.29, 0.717) is 5.82 Å². The van der Waals surface area contributed by atoms with E-state index in [4.69, 9.17) is 6.42 Å². The minimum Gasteiger partial charge on any atom is -0.348 e. The van der Waals surface area contributed by atoms with Crippen molar-refractivity contribution in [1.82, 2.24) is 35.8 Å². The van der Waals surface area contributed by atoms with Crippen LogP contribution in [0.15, 0.2) is 18.2 Å². The first kappa shape index (κ1) is 24.3. The van der Waals surface area contributed by atoms with Crippen molar-refractivity contribution < 1.29 is 22.0 Å². The van der Waals surface area contributed by atoms with E-state index >= 15 is 0 Å². The summed E-state index contributed by atoms with van der Waals surface area (Å²) in [5, 5.41) is 8.79. The van der Waals surface area contributed by atoms with Crippen molar-refractivity contribution in [3.05, 3.63) is 40.7 Å². The molecule has 2 fully saturated rings. The summed E-state index contributed by atoms with van der Waals surface area (Å²) in [4.78, 5) is 11.6. The quantitative estimate of drug-likeness (QED) is 0.318. The molecule has 2 N–H and O–H groups in total. The van der Waals surface area contributed by atoms with Crippen molar-refractivity contribution in [3.63, 3.8) is 0 Å². The summed E-state index contributed by atoms with van der Waals surface area (Å²) in [6.07, 6.45) is 0.635. The number of hydrazine groups is 1. The minimum atomic E-state index is -4.64. The molecule has 190 valence electrons. The van der Waals surface area contributed by atoms with E-state index in [1.807, 2.05) is 20.8 Å². The van der Waals surface area contributed by atoms with Crippen molar-refractivity contribution in [2.45, 2.75) is 56.9 Å². The van der Waals surface area contributed by atoms with Crippen LogP contribution >= 0.6 is 0 Å². The van der Waals surface area contributed by atoms with Gasteiger partial charge in [0.2, 0.25) is 11.3 Å². The van der Waals surface area contributed by atoms with Crippen LogP contribution in [0.3, 0.4) is 0 Å². The molecule has 36 heavy (non-hydrogen) atoms. The third-order valence-electron chi connectivity index (χ3n) is 6.25.